The summed E-state index contributed by atoms with van der Waals surface area (Å²) in [4.78, 5) is 18.7. The fraction of sp³-hybridized carbons (Fsp3) is 0.652. The molecule has 1 aromatic carbocycles. The monoisotopic (exact) mass is 420 g/mol. The third kappa shape index (κ3) is 9.94. The number of carbonyl (C=O) groups is 1. The molecule has 30 heavy (non-hydrogen) atoms. The van der Waals surface area contributed by atoms with Gasteiger partial charge in [0.25, 0.3) is 0 Å². The van der Waals surface area contributed by atoms with Crippen LogP contribution in [0.3, 0.4) is 0 Å². The van der Waals surface area contributed by atoms with E-state index in [0.29, 0.717) is 6.54 Å². The Morgan fingerprint density at radius 1 is 1.07 bits per heavy atom. The van der Waals surface area contributed by atoms with Crippen LogP contribution < -0.4 is 10.6 Å². The maximum atomic E-state index is 13.2. The summed E-state index contributed by atoms with van der Waals surface area (Å²) in [6.45, 7) is 8.96. The van der Waals surface area contributed by atoms with Gasteiger partial charge in [-0.15, -0.1) is 0 Å². The first-order valence-electron chi connectivity index (χ1n) is 11.1. The van der Waals surface area contributed by atoms with Crippen LogP contribution in [0.2, 0.25) is 0 Å². The fourth-order valence-corrected chi connectivity index (χ4v) is 3.27. The molecule has 1 aliphatic heterocycles. The molecule has 2 N–H and O–H groups in total. The van der Waals surface area contributed by atoms with E-state index in [1.54, 1.807) is 12.1 Å². The number of unbranched alkanes of at least 4 members (excludes halogenated alkanes) is 3. The van der Waals surface area contributed by atoms with Crippen LogP contribution in [0, 0.1) is 5.82 Å². The number of anilines is 1. The zero-order valence-corrected chi connectivity index (χ0v) is 18.7. The summed E-state index contributed by atoms with van der Waals surface area (Å²) >= 11 is 0. The van der Waals surface area contributed by atoms with Gasteiger partial charge in [0.1, 0.15) is 11.4 Å². The topological polar surface area (TPSA) is 66.0 Å². The first-order chi connectivity index (χ1) is 14.3. The van der Waals surface area contributed by atoms with Crippen molar-refractivity contribution in [3.05, 3.63) is 30.1 Å². The van der Waals surface area contributed by atoms with Crippen LogP contribution >= 0.6 is 0 Å². The molecular weight excluding hydrogens is 383 g/mol. The number of carbonyl (C=O) groups excluding carboxylic acids is 1. The molecule has 0 aromatic heterocycles. The van der Waals surface area contributed by atoms with Gasteiger partial charge in [-0.3, -0.25) is 4.99 Å². The molecule has 0 atom stereocenters. The maximum absolute atomic E-state index is 13.2. The van der Waals surface area contributed by atoms with Crippen molar-refractivity contribution in [1.29, 1.82) is 0 Å². The SMILES string of the molecule is CC(C)(C)OC(=O)NCCCCCCN=C(Nc1ccc(F)cc1)N1CCCCC1. The van der Waals surface area contributed by atoms with Gasteiger partial charge in [0.15, 0.2) is 5.96 Å². The molecule has 7 heteroatoms. The number of alkyl carbamates (subject to hydrolysis) is 1. The molecule has 2 rings (SSSR count). The number of benzene rings is 1. The Bertz CT molecular complexity index is 665. The quantitative estimate of drug-likeness (QED) is 0.346. The molecule has 0 unspecified atom stereocenters. The molecule has 1 amide bonds. The molecule has 0 saturated carbocycles. The van der Waals surface area contributed by atoms with Crippen molar-refractivity contribution in [3.8, 4) is 0 Å². The summed E-state index contributed by atoms with van der Waals surface area (Å²) in [5.74, 6) is 0.645. The van der Waals surface area contributed by atoms with E-state index in [-0.39, 0.29) is 11.9 Å². The summed E-state index contributed by atoms with van der Waals surface area (Å²) in [6.07, 6.45) is 7.27. The van der Waals surface area contributed by atoms with Gasteiger partial charge in [0.2, 0.25) is 0 Å². The average molecular weight is 421 g/mol. The Morgan fingerprint density at radius 3 is 2.40 bits per heavy atom. The van der Waals surface area contributed by atoms with Crippen molar-refractivity contribution in [2.75, 3.05) is 31.5 Å². The number of nitrogens with zero attached hydrogens (tertiary/aromatic N) is 2. The summed E-state index contributed by atoms with van der Waals surface area (Å²) in [5.41, 5.74) is 0.393. The summed E-state index contributed by atoms with van der Waals surface area (Å²) in [7, 11) is 0. The molecule has 1 saturated heterocycles. The number of rotatable bonds is 8. The van der Waals surface area contributed by atoms with Crippen LogP contribution in [0.15, 0.2) is 29.3 Å². The normalized spacial score (nSPS) is 15.1. The second-order valence-electron chi connectivity index (χ2n) is 8.73. The predicted octanol–water partition coefficient (Wildman–Crippen LogP) is 5.16. The van der Waals surface area contributed by atoms with Crippen molar-refractivity contribution in [2.24, 2.45) is 4.99 Å². The Hall–Kier alpha value is -2.31. The summed E-state index contributed by atoms with van der Waals surface area (Å²) < 4.78 is 18.4. The van der Waals surface area contributed by atoms with E-state index < -0.39 is 5.60 Å². The number of piperidine rings is 1. The lowest BCUT2D eigenvalue weighted by molar-refractivity contribution is 0.0527. The van der Waals surface area contributed by atoms with Crippen molar-refractivity contribution < 1.29 is 13.9 Å². The largest absolute Gasteiger partial charge is 0.444 e. The molecule has 1 heterocycles. The molecular formula is C23H37FN4O2. The van der Waals surface area contributed by atoms with Crippen molar-refractivity contribution in [3.63, 3.8) is 0 Å². The van der Waals surface area contributed by atoms with Crippen LogP contribution in [-0.2, 0) is 4.74 Å². The van der Waals surface area contributed by atoms with Crippen LogP contribution in [0.25, 0.3) is 0 Å². The minimum atomic E-state index is -0.462. The zero-order valence-electron chi connectivity index (χ0n) is 18.7. The number of likely N-dealkylation sites (tertiary alicyclic amines) is 1. The van der Waals surface area contributed by atoms with Crippen LogP contribution in [0.5, 0.6) is 0 Å². The van der Waals surface area contributed by atoms with Crippen LogP contribution in [0.1, 0.15) is 65.7 Å². The van der Waals surface area contributed by atoms with Gasteiger partial charge in [0.05, 0.1) is 0 Å². The molecule has 1 aromatic rings. The molecule has 0 spiro atoms. The van der Waals surface area contributed by atoms with E-state index in [1.165, 1.54) is 31.4 Å². The second-order valence-corrected chi connectivity index (χ2v) is 8.73. The first-order valence-corrected chi connectivity index (χ1v) is 11.1. The lowest BCUT2D eigenvalue weighted by atomic mass is 10.1. The van der Waals surface area contributed by atoms with E-state index in [9.17, 15) is 9.18 Å². The first kappa shape index (κ1) is 24.0. The van der Waals surface area contributed by atoms with E-state index in [4.69, 9.17) is 9.73 Å². The van der Waals surface area contributed by atoms with Crippen LogP contribution in [-0.4, -0.2) is 48.7 Å². The third-order valence-electron chi connectivity index (χ3n) is 4.77. The van der Waals surface area contributed by atoms with Gasteiger partial charge < -0.3 is 20.3 Å². The Balaban J connectivity index is 1.70. The molecule has 168 valence electrons. The molecule has 0 aliphatic carbocycles. The smallest absolute Gasteiger partial charge is 0.407 e. The second kappa shape index (κ2) is 12.4. The van der Waals surface area contributed by atoms with Crippen molar-refractivity contribution in [1.82, 2.24) is 10.2 Å². The highest BCUT2D eigenvalue weighted by molar-refractivity contribution is 5.93. The van der Waals surface area contributed by atoms with Gasteiger partial charge in [0, 0.05) is 31.9 Å². The molecule has 1 fully saturated rings. The number of hydrogen-bond acceptors (Lipinski definition) is 3. The average Bonchev–Trinajstić information content (AvgIpc) is 2.70. The molecule has 1 aliphatic rings. The van der Waals surface area contributed by atoms with Gasteiger partial charge >= 0.3 is 6.09 Å². The number of ether oxygens (including phenoxy) is 1. The Morgan fingerprint density at radius 2 is 1.73 bits per heavy atom. The number of aliphatic imine (C=N–C) groups is 1. The standard InChI is InChI=1S/C23H37FN4O2/c1-23(2,3)30-22(29)26-16-8-5-4-7-15-25-21(28-17-9-6-10-18-28)27-20-13-11-19(24)12-14-20/h11-14H,4-10,15-18H2,1-3H3,(H,25,27)(H,26,29). The Labute approximate surface area is 180 Å². The zero-order chi connectivity index (χ0) is 21.8. The number of hydrogen-bond donors (Lipinski definition) is 2. The highest BCUT2D eigenvalue weighted by Crippen LogP contribution is 2.14. The van der Waals surface area contributed by atoms with E-state index >= 15 is 0 Å². The number of guanidine groups is 1. The number of nitrogens with one attached hydrogen (secondary N) is 2. The third-order valence-corrected chi connectivity index (χ3v) is 4.77. The summed E-state index contributed by atoms with van der Waals surface area (Å²) in [5, 5.41) is 6.16. The van der Waals surface area contributed by atoms with E-state index in [0.717, 1.165) is 57.0 Å². The number of halogens is 1. The lowest BCUT2D eigenvalue weighted by Gasteiger charge is -2.30. The van der Waals surface area contributed by atoms with E-state index in [1.807, 2.05) is 20.8 Å². The van der Waals surface area contributed by atoms with Crippen molar-refractivity contribution in [2.45, 2.75) is 71.3 Å². The predicted molar refractivity (Wildman–Crippen MR) is 120 cm³/mol. The number of amides is 1. The van der Waals surface area contributed by atoms with E-state index in [2.05, 4.69) is 15.5 Å². The van der Waals surface area contributed by atoms with Gasteiger partial charge in [-0.1, -0.05) is 12.8 Å². The van der Waals surface area contributed by atoms with Gasteiger partial charge in [-0.25, -0.2) is 9.18 Å². The van der Waals surface area contributed by atoms with Crippen molar-refractivity contribution >= 4 is 17.7 Å². The summed E-state index contributed by atoms with van der Waals surface area (Å²) in [6, 6.07) is 6.40. The highest BCUT2D eigenvalue weighted by atomic mass is 19.1. The minimum absolute atomic E-state index is 0.238. The lowest BCUT2D eigenvalue weighted by Crippen LogP contribution is -2.40. The fourth-order valence-electron chi connectivity index (χ4n) is 3.27. The molecule has 6 nitrogen and oxygen atoms in total. The maximum Gasteiger partial charge on any atom is 0.407 e. The Kier molecular flexibility index (Phi) is 9.91. The van der Waals surface area contributed by atoms with Gasteiger partial charge in [-0.2, -0.15) is 0 Å². The van der Waals surface area contributed by atoms with Crippen LogP contribution in [0.4, 0.5) is 14.9 Å². The minimum Gasteiger partial charge on any atom is -0.444 e. The molecule has 0 bridgehead atoms. The highest BCUT2D eigenvalue weighted by Gasteiger charge is 2.16. The molecule has 0 radical (unpaired) electrons. The van der Waals surface area contributed by atoms with Gasteiger partial charge in [-0.05, 0) is 77.1 Å².